The van der Waals surface area contributed by atoms with Crippen LogP contribution in [0.3, 0.4) is 0 Å². The molecule has 4 heteroatoms. The van der Waals surface area contributed by atoms with Crippen LogP contribution in [0.4, 0.5) is 4.39 Å². The number of rotatable bonds is 3. The van der Waals surface area contributed by atoms with Gasteiger partial charge in [-0.15, -0.1) is 0 Å². The third-order valence-corrected chi connectivity index (χ3v) is 3.48. The normalized spacial score (nSPS) is 16.7. The van der Waals surface area contributed by atoms with Crippen LogP contribution in [0.1, 0.15) is 25.0 Å². The standard InChI is InChI=1S/C15H17FN2O/c16-13-6-4-12(5-7-13)15-17-14(11-19-15)10-18-8-2-1-3-9-18/h4-7,11H,1-3,8-10H2. The van der Waals surface area contributed by atoms with Crippen LogP contribution in [0.2, 0.25) is 0 Å². The lowest BCUT2D eigenvalue weighted by Gasteiger charge is -2.25. The molecule has 1 fully saturated rings. The van der Waals surface area contributed by atoms with Gasteiger partial charge in [0.25, 0.3) is 0 Å². The zero-order chi connectivity index (χ0) is 13.1. The molecular formula is C15H17FN2O. The molecule has 0 unspecified atom stereocenters. The van der Waals surface area contributed by atoms with Gasteiger partial charge in [-0.2, -0.15) is 0 Å². The van der Waals surface area contributed by atoms with Gasteiger partial charge in [-0.1, -0.05) is 6.42 Å². The highest BCUT2D eigenvalue weighted by Gasteiger charge is 2.13. The average molecular weight is 260 g/mol. The Labute approximate surface area is 112 Å². The number of hydrogen-bond donors (Lipinski definition) is 0. The van der Waals surface area contributed by atoms with Gasteiger partial charge < -0.3 is 4.42 Å². The monoisotopic (exact) mass is 260 g/mol. The maximum atomic E-state index is 12.9. The van der Waals surface area contributed by atoms with Gasteiger partial charge in [0.15, 0.2) is 0 Å². The quantitative estimate of drug-likeness (QED) is 0.846. The molecule has 1 aromatic carbocycles. The minimum absolute atomic E-state index is 0.246. The Balaban J connectivity index is 1.70. The van der Waals surface area contributed by atoms with Gasteiger partial charge in [-0.25, -0.2) is 9.37 Å². The fourth-order valence-electron chi connectivity index (χ4n) is 2.45. The summed E-state index contributed by atoms with van der Waals surface area (Å²) in [6, 6.07) is 6.21. The molecule has 1 aromatic heterocycles. The van der Waals surface area contributed by atoms with Crippen molar-refractivity contribution in [3.63, 3.8) is 0 Å². The van der Waals surface area contributed by atoms with E-state index in [0.29, 0.717) is 5.89 Å². The van der Waals surface area contributed by atoms with Crippen LogP contribution in [0.25, 0.3) is 11.5 Å². The Morgan fingerprint density at radius 1 is 1.11 bits per heavy atom. The van der Waals surface area contributed by atoms with Crippen LogP contribution in [-0.2, 0) is 6.54 Å². The van der Waals surface area contributed by atoms with E-state index in [-0.39, 0.29) is 5.82 Å². The van der Waals surface area contributed by atoms with Crippen LogP contribution >= 0.6 is 0 Å². The Morgan fingerprint density at radius 2 is 1.84 bits per heavy atom. The molecule has 2 heterocycles. The molecule has 0 radical (unpaired) electrons. The minimum atomic E-state index is -0.246. The Kier molecular flexibility index (Phi) is 3.60. The first-order valence-electron chi connectivity index (χ1n) is 6.74. The van der Waals surface area contributed by atoms with Gasteiger partial charge in [-0.3, -0.25) is 4.90 Å². The fraction of sp³-hybridized carbons (Fsp3) is 0.400. The molecule has 1 saturated heterocycles. The summed E-state index contributed by atoms with van der Waals surface area (Å²) in [5, 5.41) is 0. The average Bonchev–Trinajstić information content (AvgIpc) is 2.89. The fourth-order valence-corrected chi connectivity index (χ4v) is 2.45. The molecule has 0 spiro atoms. The summed E-state index contributed by atoms with van der Waals surface area (Å²) in [4.78, 5) is 6.87. The van der Waals surface area contributed by atoms with Crippen molar-refractivity contribution in [3.8, 4) is 11.5 Å². The number of nitrogens with zero attached hydrogens (tertiary/aromatic N) is 2. The van der Waals surface area contributed by atoms with Gasteiger partial charge in [0.05, 0.1) is 5.69 Å². The highest BCUT2D eigenvalue weighted by atomic mass is 19.1. The third-order valence-electron chi connectivity index (χ3n) is 3.48. The highest BCUT2D eigenvalue weighted by Crippen LogP contribution is 2.20. The maximum Gasteiger partial charge on any atom is 0.226 e. The number of piperidine rings is 1. The lowest BCUT2D eigenvalue weighted by Crippen LogP contribution is -2.29. The largest absolute Gasteiger partial charge is 0.444 e. The summed E-state index contributed by atoms with van der Waals surface area (Å²) in [6.45, 7) is 3.11. The van der Waals surface area contributed by atoms with Crippen molar-refractivity contribution in [1.82, 2.24) is 9.88 Å². The highest BCUT2D eigenvalue weighted by molar-refractivity contribution is 5.52. The van der Waals surface area contributed by atoms with Gasteiger partial charge in [0, 0.05) is 12.1 Å². The number of likely N-dealkylation sites (tertiary alicyclic amines) is 1. The van der Waals surface area contributed by atoms with Crippen LogP contribution < -0.4 is 0 Å². The molecule has 3 rings (SSSR count). The second kappa shape index (κ2) is 5.53. The molecule has 0 N–H and O–H groups in total. The smallest absolute Gasteiger partial charge is 0.226 e. The summed E-state index contributed by atoms with van der Waals surface area (Å²) < 4.78 is 18.3. The first kappa shape index (κ1) is 12.4. The molecule has 2 aromatic rings. The molecule has 0 bridgehead atoms. The number of benzene rings is 1. The van der Waals surface area contributed by atoms with Crippen molar-refractivity contribution in [2.24, 2.45) is 0 Å². The van der Waals surface area contributed by atoms with Gasteiger partial charge in [0.2, 0.25) is 5.89 Å². The Hall–Kier alpha value is -1.68. The van der Waals surface area contributed by atoms with Crippen LogP contribution in [0.5, 0.6) is 0 Å². The van der Waals surface area contributed by atoms with Gasteiger partial charge >= 0.3 is 0 Å². The molecule has 0 saturated carbocycles. The first-order valence-corrected chi connectivity index (χ1v) is 6.74. The number of halogens is 1. The Morgan fingerprint density at radius 3 is 2.58 bits per heavy atom. The molecule has 0 amide bonds. The molecule has 0 aliphatic carbocycles. The topological polar surface area (TPSA) is 29.3 Å². The molecule has 1 aliphatic heterocycles. The Bertz CT molecular complexity index is 529. The van der Waals surface area contributed by atoms with E-state index in [4.69, 9.17) is 4.42 Å². The third kappa shape index (κ3) is 3.01. The van der Waals surface area contributed by atoms with Gasteiger partial charge in [0.1, 0.15) is 12.1 Å². The van der Waals surface area contributed by atoms with Gasteiger partial charge in [-0.05, 0) is 50.2 Å². The van der Waals surface area contributed by atoms with Crippen LogP contribution in [-0.4, -0.2) is 23.0 Å². The van der Waals surface area contributed by atoms with E-state index in [0.717, 1.165) is 30.9 Å². The van der Waals surface area contributed by atoms with Crippen LogP contribution in [0.15, 0.2) is 34.9 Å². The summed E-state index contributed by atoms with van der Waals surface area (Å²) in [7, 11) is 0. The predicted molar refractivity (Wildman–Crippen MR) is 71.0 cm³/mol. The molecular weight excluding hydrogens is 243 g/mol. The molecule has 100 valence electrons. The second-order valence-electron chi connectivity index (χ2n) is 4.99. The predicted octanol–water partition coefficient (Wildman–Crippen LogP) is 3.47. The second-order valence-corrected chi connectivity index (χ2v) is 4.99. The van der Waals surface area contributed by atoms with Crippen molar-refractivity contribution >= 4 is 0 Å². The number of oxazole rings is 1. The summed E-state index contributed by atoms with van der Waals surface area (Å²) in [5.74, 6) is 0.316. The van der Waals surface area contributed by atoms with Crippen LogP contribution in [0, 0.1) is 5.82 Å². The van der Waals surface area contributed by atoms with E-state index in [1.807, 2.05) is 0 Å². The number of hydrogen-bond acceptors (Lipinski definition) is 3. The van der Waals surface area contributed by atoms with E-state index >= 15 is 0 Å². The first-order chi connectivity index (χ1) is 9.31. The van der Waals surface area contributed by atoms with E-state index in [1.54, 1.807) is 18.4 Å². The van der Waals surface area contributed by atoms with E-state index in [2.05, 4.69) is 9.88 Å². The zero-order valence-electron chi connectivity index (χ0n) is 10.8. The van der Waals surface area contributed by atoms with E-state index < -0.39 is 0 Å². The lowest BCUT2D eigenvalue weighted by molar-refractivity contribution is 0.218. The SMILES string of the molecule is Fc1ccc(-c2nc(CN3CCCCC3)co2)cc1. The van der Waals surface area contributed by atoms with E-state index in [9.17, 15) is 4.39 Å². The van der Waals surface area contributed by atoms with Crippen molar-refractivity contribution in [1.29, 1.82) is 0 Å². The molecule has 1 aliphatic rings. The summed E-state index contributed by atoms with van der Waals surface area (Å²) >= 11 is 0. The van der Waals surface area contributed by atoms with Crippen molar-refractivity contribution in [2.75, 3.05) is 13.1 Å². The minimum Gasteiger partial charge on any atom is -0.444 e. The van der Waals surface area contributed by atoms with E-state index in [1.165, 1.54) is 31.4 Å². The maximum absolute atomic E-state index is 12.9. The summed E-state index contributed by atoms with van der Waals surface area (Å²) in [5.41, 5.74) is 1.76. The van der Waals surface area contributed by atoms with Crippen molar-refractivity contribution in [3.05, 3.63) is 42.0 Å². The zero-order valence-corrected chi connectivity index (χ0v) is 10.8. The molecule has 3 nitrogen and oxygen atoms in total. The lowest BCUT2D eigenvalue weighted by atomic mass is 10.1. The van der Waals surface area contributed by atoms with Crippen molar-refractivity contribution < 1.29 is 8.81 Å². The number of aromatic nitrogens is 1. The van der Waals surface area contributed by atoms with Crippen molar-refractivity contribution in [2.45, 2.75) is 25.8 Å². The molecule has 19 heavy (non-hydrogen) atoms. The summed E-state index contributed by atoms with van der Waals surface area (Å²) in [6.07, 6.45) is 5.56. The molecule has 0 atom stereocenters.